The van der Waals surface area contributed by atoms with Crippen LogP contribution in [0.25, 0.3) is 0 Å². The number of carbonyl (C=O) groups excluding carboxylic acids is 1. The summed E-state index contributed by atoms with van der Waals surface area (Å²) in [4.78, 5) is 37.6. The van der Waals surface area contributed by atoms with Crippen molar-refractivity contribution in [2.75, 3.05) is 0 Å². The van der Waals surface area contributed by atoms with Gasteiger partial charge in [0.1, 0.15) is 12.9 Å². The van der Waals surface area contributed by atoms with Crippen molar-refractivity contribution >= 4 is 5.91 Å². The fourth-order valence-electron chi connectivity index (χ4n) is 3.27. The molecule has 1 aliphatic carbocycles. The Balaban J connectivity index is 1.69. The van der Waals surface area contributed by atoms with Crippen molar-refractivity contribution in [1.82, 2.24) is 29.6 Å². The van der Waals surface area contributed by atoms with E-state index in [2.05, 4.69) is 20.5 Å². The molecular weight excluding hydrogens is 324 g/mol. The zero-order chi connectivity index (χ0) is 18.0. The van der Waals surface area contributed by atoms with E-state index in [1.807, 2.05) is 11.5 Å². The van der Waals surface area contributed by atoms with E-state index in [1.54, 1.807) is 13.3 Å². The first-order valence-electron chi connectivity index (χ1n) is 8.45. The highest BCUT2D eigenvalue weighted by Gasteiger charge is 2.23. The van der Waals surface area contributed by atoms with Crippen LogP contribution in [0.3, 0.4) is 0 Å². The molecule has 0 saturated heterocycles. The summed E-state index contributed by atoms with van der Waals surface area (Å²) >= 11 is 0. The highest BCUT2D eigenvalue weighted by Crippen LogP contribution is 2.30. The SMILES string of the molecule is Cc1cn(CC(=O)N[C@@H](C)c2nncn2C2CCCC2)c(=O)[nH]c1=O. The molecule has 0 bridgehead atoms. The average Bonchev–Trinajstić information content (AvgIpc) is 3.23. The lowest BCUT2D eigenvalue weighted by Crippen LogP contribution is -2.37. The van der Waals surface area contributed by atoms with Crippen LogP contribution in [-0.2, 0) is 11.3 Å². The number of aryl methyl sites for hydroxylation is 1. The Kier molecular flexibility index (Phi) is 4.82. The zero-order valence-electron chi connectivity index (χ0n) is 14.4. The molecule has 9 heteroatoms. The van der Waals surface area contributed by atoms with Crippen molar-refractivity contribution in [2.24, 2.45) is 0 Å². The van der Waals surface area contributed by atoms with Crippen LogP contribution >= 0.6 is 0 Å². The van der Waals surface area contributed by atoms with Crippen LogP contribution in [0.15, 0.2) is 22.1 Å². The van der Waals surface area contributed by atoms with Crippen molar-refractivity contribution in [3.63, 3.8) is 0 Å². The first-order valence-corrected chi connectivity index (χ1v) is 8.45. The Labute approximate surface area is 144 Å². The van der Waals surface area contributed by atoms with Gasteiger partial charge in [0.05, 0.1) is 6.04 Å². The van der Waals surface area contributed by atoms with E-state index in [9.17, 15) is 14.4 Å². The summed E-state index contributed by atoms with van der Waals surface area (Å²) in [6.07, 6.45) is 7.67. The fourth-order valence-corrected chi connectivity index (χ4v) is 3.27. The van der Waals surface area contributed by atoms with E-state index in [0.717, 1.165) is 12.8 Å². The lowest BCUT2D eigenvalue weighted by atomic mass is 10.2. The molecular formula is C16H22N6O3. The van der Waals surface area contributed by atoms with Gasteiger partial charge in [-0.15, -0.1) is 10.2 Å². The van der Waals surface area contributed by atoms with Gasteiger partial charge in [-0.2, -0.15) is 0 Å². The van der Waals surface area contributed by atoms with Gasteiger partial charge in [-0.25, -0.2) is 4.79 Å². The highest BCUT2D eigenvalue weighted by molar-refractivity contribution is 5.76. The first-order chi connectivity index (χ1) is 12.0. The molecule has 9 nitrogen and oxygen atoms in total. The maximum Gasteiger partial charge on any atom is 0.328 e. The van der Waals surface area contributed by atoms with Gasteiger partial charge >= 0.3 is 5.69 Å². The highest BCUT2D eigenvalue weighted by atomic mass is 16.2. The number of aromatic amines is 1. The quantitative estimate of drug-likeness (QED) is 0.815. The molecule has 2 N–H and O–H groups in total. The average molecular weight is 346 g/mol. The molecule has 2 aromatic heterocycles. The second kappa shape index (κ2) is 7.04. The standard InChI is InChI=1S/C16H22N6O3/c1-10-7-21(16(25)19-15(10)24)8-13(23)18-11(2)14-20-17-9-22(14)12-5-3-4-6-12/h7,9,11-12H,3-6,8H2,1-2H3,(H,18,23)(H,19,24,25)/t11-/m0/s1. The number of rotatable bonds is 5. The lowest BCUT2D eigenvalue weighted by Gasteiger charge is -2.19. The minimum Gasteiger partial charge on any atom is -0.345 e. The number of amides is 1. The Bertz CT molecular complexity index is 874. The molecule has 0 spiro atoms. The van der Waals surface area contributed by atoms with Gasteiger partial charge in [0.2, 0.25) is 5.91 Å². The van der Waals surface area contributed by atoms with Gasteiger partial charge < -0.3 is 9.88 Å². The molecule has 1 fully saturated rings. The third-order valence-electron chi connectivity index (χ3n) is 4.59. The first kappa shape index (κ1) is 17.1. The summed E-state index contributed by atoms with van der Waals surface area (Å²) in [5.74, 6) is 0.382. The molecule has 25 heavy (non-hydrogen) atoms. The van der Waals surface area contributed by atoms with E-state index in [1.165, 1.54) is 23.6 Å². The Morgan fingerprint density at radius 1 is 1.40 bits per heavy atom. The van der Waals surface area contributed by atoms with E-state index < -0.39 is 11.2 Å². The summed E-state index contributed by atoms with van der Waals surface area (Å²) in [6.45, 7) is 3.26. The van der Waals surface area contributed by atoms with Crippen LogP contribution in [0, 0.1) is 6.92 Å². The van der Waals surface area contributed by atoms with Crippen LogP contribution in [0.5, 0.6) is 0 Å². The predicted octanol–water partition coefficient (Wildman–Crippen LogP) is 0.429. The van der Waals surface area contributed by atoms with Gasteiger partial charge in [0, 0.05) is 17.8 Å². The van der Waals surface area contributed by atoms with E-state index in [-0.39, 0.29) is 18.5 Å². The van der Waals surface area contributed by atoms with Crippen LogP contribution in [-0.4, -0.2) is 30.2 Å². The number of H-pyrrole nitrogens is 1. The minimum absolute atomic E-state index is 0.168. The summed E-state index contributed by atoms with van der Waals surface area (Å²) in [5, 5.41) is 11.0. The van der Waals surface area contributed by atoms with Crippen molar-refractivity contribution in [2.45, 2.75) is 58.2 Å². The zero-order valence-corrected chi connectivity index (χ0v) is 14.4. The van der Waals surface area contributed by atoms with Crippen LogP contribution in [0.4, 0.5) is 0 Å². The normalized spacial score (nSPS) is 16.1. The topological polar surface area (TPSA) is 115 Å². The predicted molar refractivity (Wildman–Crippen MR) is 90.1 cm³/mol. The van der Waals surface area contributed by atoms with Crippen molar-refractivity contribution < 1.29 is 4.79 Å². The summed E-state index contributed by atoms with van der Waals surface area (Å²) in [7, 11) is 0. The molecule has 134 valence electrons. The fraction of sp³-hybridized carbons (Fsp3) is 0.562. The maximum absolute atomic E-state index is 12.3. The maximum atomic E-state index is 12.3. The summed E-state index contributed by atoms with van der Waals surface area (Å²) < 4.78 is 3.22. The van der Waals surface area contributed by atoms with Gasteiger partial charge in [0.25, 0.3) is 5.56 Å². The molecule has 1 atom stereocenters. The van der Waals surface area contributed by atoms with Crippen molar-refractivity contribution in [1.29, 1.82) is 0 Å². The van der Waals surface area contributed by atoms with Gasteiger partial charge in [0.15, 0.2) is 5.82 Å². The Morgan fingerprint density at radius 2 is 2.12 bits per heavy atom. The van der Waals surface area contributed by atoms with Crippen molar-refractivity contribution in [3.05, 3.63) is 44.8 Å². The second-order valence-electron chi connectivity index (χ2n) is 6.52. The summed E-state index contributed by atoms with van der Waals surface area (Å²) in [5.41, 5.74) is -0.673. The minimum atomic E-state index is -0.604. The number of hydrogen-bond acceptors (Lipinski definition) is 5. The summed E-state index contributed by atoms with van der Waals surface area (Å²) in [6, 6.07) is 0.0592. The van der Waals surface area contributed by atoms with Crippen LogP contribution < -0.4 is 16.6 Å². The van der Waals surface area contributed by atoms with Crippen molar-refractivity contribution in [3.8, 4) is 0 Å². The molecule has 1 aliphatic rings. The third kappa shape index (κ3) is 3.70. The molecule has 0 aliphatic heterocycles. The third-order valence-corrected chi connectivity index (χ3v) is 4.59. The number of aromatic nitrogens is 5. The van der Waals surface area contributed by atoms with E-state index in [0.29, 0.717) is 17.4 Å². The number of carbonyl (C=O) groups is 1. The molecule has 2 aromatic rings. The van der Waals surface area contributed by atoms with E-state index >= 15 is 0 Å². The van der Waals surface area contributed by atoms with Crippen LogP contribution in [0.1, 0.15) is 56.1 Å². The lowest BCUT2D eigenvalue weighted by molar-refractivity contribution is -0.122. The van der Waals surface area contributed by atoms with E-state index in [4.69, 9.17) is 0 Å². The molecule has 3 rings (SSSR count). The van der Waals surface area contributed by atoms with Gasteiger partial charge in [-0.3, -0.25) is 19.1 Å². The Morgan fingerprint density at radius 3 is 2.84 bits per heavy atom. The molecule has 2 heterocycles. The molecule has 0 unspecified atom stereocenters. The number of nitrogens with one attached hydrogen (secondary N) is 2. The number of nitrogens with zero attached hydrogens (tertiary/aromatic N) is 4. The van der Waals surface area contributed by atoms with Crippen LogP contribution in [0.2, 0.25) is 0 Å². The van der Waals surface area contributed by atoms with Gasteiger partial charge in [-0.05, 0) is 26.7 Å². The molecule has 0 radical (unpaired) electrons. The van der Waals surface area contributed by atoms with Gasteiger partial charge in [-0.1, -0.05) is 12.8 Å². The second-order valence-corrected chi connectivity index (χ2v) is 6.52. The Hall–Kier alpha value is -2.71. The molecule has 0 aromatic carbocycles. The molecule has 1 amide bonds. The molecule has 1 saturated carbocycles. The monoisotopic (exact) mass is 346 g/mol. The number of hydrogen-bond donors (Lipinski definition) is 2. The largest absolute Gasteiger partial charge is 0.345 e. The smallest absolute Gasteiger partial charge is 0.328 e.